The average Bonchev–Trinajstić information content (AvgIpc) is 2.06. The molecule has 0 aliphatic carbocycles. The largest absolute Gasteiger partial charge is 0.330 e. The number of hydrogen-bond acceptors (Lipinski definition) is 3. The van der Waals surface area contributed by atoms with Crippen LogP contribution in [0.2, 0.25) is 0 Å². The van der Waals surface area contributed by atoms with Crippen LogP contribution in [-0.2, 0) is 0 Å². The summed E-state index contributed by atoms with van der Waals surface area (Å²) in [5.41, 5.74) is 5.56. The first-order chi connectivity index (χ1) is 5.33. The second-order valence-electron chi connectivity index (χ2n) is 3.25. The first-order valence-electron chi connectivity index (χ1n) is 4.33. The Morgan fingerprint density at radius 3 is 2.64 bits per heavy atom. The van der Waals surface area contributed by atoms with Crippen LogP contribution in [0.5, 0.6) is 0 Å². The van der Waals surface area contributed by atoms with Gasteiger partial charge in [0.25, 0.3) is 0 Å². The van der Waals surface area contributed by atoms with Crippen molar-refractivity contribution in [2.45, 2.75) is 6.92 Å². The highest BCUT2D eigenvalue weighted by molar-refractivity contribution is 7.99. The molecule has 0 saturated carbocycles. The molecule has 3 heteroatoms. The zero-order valence-electron chi connectivity index (χ0n) is 7.25. The second kappa shape index (κ2) is 5.01. The van der Waals surface area contributed by atoms with Crippen LogP contribution < -0.4 is 5.73 Å². The molecular formula is C8H18N2S. The van der Waals surface area contributed by atoms with Crippen LogP contribution in [0.25, 0.3) is 0 Å². The zero-order valence-corrected chi connectivity index (χ0v) is 8.07. The monoisotopic (exact) mass is 174 g/mol. The minimum absolute atomic E-state index is 0.665. The lowest BCUT2D eigenvalue weighted by atomic mass is 10.2. The lowest BCUT2D eigenvalue weighted by Gasteiger charge is -2.28. The third kappa shape index (κ3) is 3.45. The van der Waals surface area contributed by atoms with Gasteiger partial charge in [0.05, 0.1) is 0 Å². The molecule has 1 rings (SSSR count). The molecule has 1 unspecified atom stereocenters. The van der Waals surface area contributed by atoms with Gasteiger partial charge in [0.15, 0.2) is 0 Å². The molecule has 0 amide bonds. The van der Waals surface area contributed by atoms with Gasteiger partial charge in [-0.05, 0) is 12.5 Å². The summed E-state index contributed by atoms with van der Waals surface area (Å²) in [5.74, 6) is 3.27. The van der Waals surface area contributed by atoms with Crippen molar-refractivity contribution in [1.29, 1.82) is 0 Å². The van der Waals surface area contributed by atoms with E-state index >= 15 is 0 Å². The van der Waals surface area contributed by atoms with Crippen LogP contribution in [0.1, 0.15) is 6.92 Å². The van der Waals surface area contributed by atoms with E-state index < -0.39 is 0 Å². The van der Waals surface area contributed by atoms with Crippen molar-refractivity contribution in [3.63, 3.8) is 0 Å². The number of rotatable bonds is 3. The zero-order chi connectivity index (χ0) is 8.10. The Morgan fingerprint density at radius 1 is 1.45 bits per heavy atom. The van der Waals surface area contributed by atoms with Crippen molar-refractivity contribution >= 4 is 11.8 Å². The van der Waals surface area contributed by atoms with Crippen molar-refractivity contribution in [3.8, 4) is 0 Å². The fourth-order valence-electron chi connectivity index (χ4n) is 1.30. The van der Waals surface area contributed by atoms with Crippen molar-refractivity contribution in [3.05, 3.63) is 0 Å². The summed E-state index contributed by atoms with van der Waals surface area (Å²) in [4.78, 5) is 2.52. The molecule has 1 saturated heterocycles. The SMILES string of the molecule is CC(CN)CN1CCSCC1. The van der Waals surface area contributed by atoms with Crippen LogP contribution in [0.4, 0.5) is 0 Å². The summed E-state index contributed by atoms with van der Waals surface area (Å²) in [7, 11) is 0. The normalized spacial score (nSPS) is 23.5. The highest BCUT2D eigenvalue weighted by Crippen LogP contribution is 2.10. The molecule has 2 nitrogen and oxygen atoms in total. The predicted molar refractivity (Wildman–Crippen MR) is 52.0 cm³/mol. The second-order valence-corrected chi connectivity index (χ2v) is 4.48. The third-order valence-corrected chi connectivity index (χ3v) is 3.02. The maximum Gasteiger partial charge on any atom is 0.00728 e. The van der Waals surface area contributed by atoms with Crippen LogP contribution in [0, 0.1) is 5.92 Å². The standard InChI is InChI=1S/C8H18N2S/c1-8(6-9)7-10-2-4-11-5-3-10/h8H,2-7,9H2,1H3. The molecule has 0 aromatic heterocycles. The van der Waals surface area contributed by atoms with Crippen molar-refractivity contribution < 1.29 is 0 Å². The Morgan fingerprint density at radius 2 is 2.09 bits per heavy atom. The molecule has 1 aliphatic heterocycles. The van der Waals surface area contributed by atoms with Gasteiger partial charge in [-0.2, -0.15) is 11.8 Å². The fraction of sp³-hybridized carbons (Fsp3) is 1.00. The molecule has 1 heterocycles. The van der Waals surface area contributed by atoms with Gasteiger partial charge in [-0.3, -0.25) is 0 Å². The van der Waals surface area contributed by atoms with Crippen molar-refractivity contribution in [1.82, 2.24) is 4.90 Å². The third-order valence-electron chi connectivity index (χ3n) is 2.08. The summed E-state index contributed by atoms with van der Waals surface area (Å²) < 4.78 is 0. The number of nitrogens with two attached hydrogens (primary N) is 1. The molecule has 1 atom stereocenters. The maximum absolute atomic E-state index is 5.56. The van der Waals surface area contributed by atoms with E-state index in [2.05, 4.69) is 23.6 Å². The Balaban J connectivity index is 2.13. The molecular weight excluding hydrogens is 156 g/mol. The average molecular weight is 174 g/mol. The van der Waals surface area contributed by atoms with E-state index in [1.54, 1.807) is 0 Å². The van der Waals surface area contributed by atoms with Gasteiger partial charge in [-0.25, -0.2) is 0 Å². The summed E-state index contributed by atoms with van der Waals surface area (Å²) in [6, 6.07) is 0. The van der Waals surface area contributed by atoms with Gasteiger partial charge in [0.2, 0.25) is 0 Å². The predicted octanol–water partition coefficient (Wildman–Crippen LogP) is 0.630. The van der Waals surface area contributed by atoms with Gasteiger partial charge < -0.3 is 10.6 Å². The summed E-state index contributed by atoms with van der Waals surface area (Å²) >= 11 is 2.06. The summed E-state index contributed by atoms with van der Waals surface area (Å²) in [5, 5.41) is 0. The first-order valence-corrected chi connectivity index (χ1v) is 5.48. The minimum atomic E-state index is 0.665. The van der Waals surface area contributed by atoms with Gasteiger partial charge in [-0.1, -0.05) is 6.92 Å². The van der Waals surface area contributed by atoms with Gasteiger partial charge >= 0.3 is 0 Å². The molecule has 0 spiro atoms. The van der Waals surface area contributed by atoms with Crippen LogP contribution in [0.3, 0.4) is 0 Å². The molecule has 0 bridgehead atoms. The Hall–Kier alpha value is 0.270. The minimum Gasteiger partial charge on any atom is -0.330 e. The molecule has 2 N–H and O–H groups in total. The summed E-state index contributed by atoms with van der Waals surface area (Å²) in [6.45, 7) is 6.76. The van der Waals surface area contributed by atoms with E-state index in [1.165, 1.54) is 31.1 Å². The van der Waals surface area contributed by atoms with E-state index in [0.717, 1.165) is 6.54 Å². The Kier molecular flexibility index (Phi) is 4.26. The van der Waals surface area contributed by atoms with Crippen LogP contribution in [-0.4, -0.2) is 42.6 Å². The number of nitrogens with zero attached hydrogens (tertiary/aromatic N) is 1. The van der Waals surface area contributed by atoms with E-state index in [4.69, 9.17) is 5.73 Å². The summed E-state index contributed by atoms with van der Waals surface area (Å²) in [6.07, 6.45) is 0. The molecule has 11 heavy (non-hydrogen) atoms. The van der Waals surface area contributed by atoms with E-state index in [0.29, 0.717) is 5.92 Å². The lowest BCUT2D eigenvalue weighted by molar-refractivity contribution is 0.263. The van der Waals surface area contributed by atoms with Crippen molar-refractivity contribution in [2.75, 3.05) is 37.7 Å². The Labute approximate surface area is 73.5 Å². The first kappa shape index (κ1) is 9.36. The quantitative estimate of drug-likeness (QED) is 0.680. The number of thioether (sulfide) groups is 1. The molecule has 0 aromatic carbocycles. The smallest absolute Gasteiger partial charge is 0.00728 e. The van der Waals surface area contributed by atoms with E-state index in [9.17, 15) is 0 Å². The maximum atomic E-state index is 5.56. The molecule has 0 aromatic rings. The van der Waals surface area contributed by atoms with Crippen LogP contribution in [0.15, 0.2) is 0 Å². The molecule has 0 radical (unpaired) electrons. The number of hydrogen-bond donors (Lipinski definition) is 1. The van der Waals surface area contributed by atoms with E-state index in [-0.39, 0.29) is 0 Å². The molecule has 1 aliphatic rings. The molecule has 66 valence electrons. The molecule has 1 fully saturated rings. The Bertz CT molecular complexity index is 102. The fourth-order valence-corrected chi connectivity index (χ4v) is 2.28. The highest BCUT2D eigenvalue weighted by atomic mass is 32.2. The van der Waals surface area contributed by atoms with Gasteiger partial charge in [0.1, 0.15) is 0 Å². The van der Waals surface area contributed by atoms with Gasteiger partial charge in [-0.15, -0.1) is 0 Å². The topological polar surface area (TPSA) is 29.3 Å². The van der Waals surface area contributed by atoms with Gasteiger partial charge in [0, 0.05) is 31.1 Å². The van der Waals surface area contributed by atoms with Crippen molar-refractivity contribution in [2.24, 2.45) is 11.7 Å². The lowest BCUT2D eigenvalue weighted by Crippen LogP contribution is -2.37. The highest BCUT2D eigenvalue weighted by Gasteiger charge is 2.11. The van der Waals surface area contributed by atoms with E-state index in [1.807, 2.05) is 0 Å². The van der Waals surface area contributed by atoms with Crippen LogP contribution >= 0.6 is 11.8 Å².